The van der Waals surface area contributed by atoms with Crippen LogP contribution in [0.3, 0.4) is 0 Å². The molecular weight excluding hydrogens is 252 g/mol. The summed E-state index contributed by atoms with van der Waals surface area (Å²) < 4.78 is 0. The molecule has 0 unspecified atom stereocenters. The van der Waals surface area contributed by atoms with Crippen molar-refractivity contribution in [3.63, 3.8) is 0 Å². The lowest BCUT2D eigenvalue weighted by Gasteiger charge is -1.96. The third kappa shape index (κ3) is 2.37. The minimum Gasteiger partial charge on any atom is -0.297 e. The quantitative estimate of drug-likeness (QED) is 0.897. The van der Waals surface area contributed by atoms with Crippen LogP contribution >= 0.6 is 34.3 Å². The molecule has 0 atom stereocenters. The topological polar surface area (TPSA) is 42.0 Å². The van der Waals surface area contributed by atoms with Gasteiger partial charge < -0.3 is 0 Å². The third-order valence-corrected chi connectivity index (χ3v) is 3.94. The molecule has 0 aliphatic carbocycles. The number of carbonyl (C=O) groups excluding carboxylic acids is 1. The van der Waals surface area contributed by atoms with Crippen molar-refractivity contribution in [1.82, 2.24) is 4.98 Å². The fraction of sp³-hybridized carbons (Fsp3) is 0.111. The molecule has 1 amide bonds. The molecule has 2 aromatic rings. The van der Waals surface area contributed by atoms with Crippen LogP contribution in [0.1, 0.15) is 14.5 Å². The molecule has 6 heteroatoms. The molecule has 15 heavy (non-hydrogen) atoms. The molecule has 3 nitrogen and oxygen atoms in total. The summed E-state index contributed by atoms with van der Waals surface area (Å²) in [6, 6.07) is 3.60. The Bertz CT molecular complexity index is 459. The van der Waals surface area contributed by atoms with Crippen molar-refractivity contribution in [2.75, 3.05) is 5.32 Å². The maximum atomic E-state index is 11.6. The van der Waals surface area contributed by atoms with Crippen LogP contribution in [0, 0.1) is 6.92 Å². The number of nitrogens with one attached hydrogen (secondary N) is 1. The molecule has 0 saturated carbocycles. The van der Waals surface area contributed by atoms with Crippen LogP contribution in [0.2, 0.25) is 5.15 Å². The lowest BCUT2D eigenvalue weighted by Crippen LogP contribution is -2.09. The van der Waals surface area contributed by atoms with Crippen molar-refractivity contribution >= 4 is 45.3 Å². The average Bonchev–Trinajstić information content (AvgIpc) is 2.77. The van der Waals surface area contributed by atoms with Gasteiger partial charge in [-0.05, 0) is 18.4 Å². The Morgan fingerprint density at radius 3 is 2.93 bits per heavy atom. The molecule has 2 heterocycles. The van der Waals surface area contributed by atoms with Crippen LogP contribution in [0.4, 0.5) is 5.13 Å². The molecule has 0 aromatic carbocycles. The first-order valence-electron chi connectivity index (χ1n) is 4.14. The first kappa shape index (κ1) is 10.6. The number of rotatable bonds is 2. The van der Waals surface area contributed by atoms with Crippen LogP contribution < -0.4 is 5.32 Å². The lowest BCUT2D eigenvalue weighted by molar-refractivity contribution is 0.103. The first-order valence-corrected chi connectivity index (χ1v) is 6.22. The van der Waals surface area contributed by atoms with Crippen LogP contribution in [0.5, 0.6) is 0 Å². The van der Waals surface area contributed by atoms with Gasteiger partial charge >= 0.3 is 0 Å². The largest absolute Gasteiger partial charge is 0.297 e. The number of amides is 1. The molecular formula is C9H7ClN2OS2. The Morgan fingerprint density at radius 2 is 2.40 bits per heavy atom. The predicted octanol–water partition coefficient (Wildman–Crippen LogP) is 3.42. The van der Waals surface area contributed by atoms with Crippen LogP contribution in [-0.4, -0.2) is 10.9 Å². The average molecular weight is 259 g/mol. The van der Waals surface area contributed by atoms with E-state index in [2.05, 4.69) is 10.3 Å². The summed E-state index contributed by atoms with van der Waals surface area (Å²) in [6.45, 7) is 1.86. The van der Waals surface area contributed by atoms with E-state index < -0.39 is 0 Å². The van der Waals surface area contributed by atoms with Gasteiger partial charge in [0, 0.05) is 4.88 Å². The van der Waals surface area contributed by atoms with Crippen LogP contribution in [-0.2, 0) is 0 Å². The van der Waals surface area contributed by atoms with Crippen molar-refractivity contribution < 1.29 is 4.79 Å². The van der Waals surface area contributed by atoms with Gasteiger partial charge in [-0.2, -0.15) is 0 Å². The second-order valence-corrected chi connectivity index (χ2v) is 5.31. The standard InChI is InChI=1S/C9H7ClN2OS2/c1-5-7(10)11-9(15-5)12-8(13)6-3-2-4-14-6/h2-4H,1H3,(H,11,12,13). The highest BCUT2D eigenvalue weighted by Gasteiger charge is 2.10. The highest BCUT2D eigenvalue weighted by Crippen LogP contribution is 2.26. The number of thiophene rings is 1. The molecule has 0 fully saturated rings. The number of aromatic nitrogens is 1. The Kier molecular flexibility index (Phi) is 3.04. The van der Waals surface area contributed by atoms with E-state index in [4.69, 9.17) is 11.6 Å². The molecule has 2 rings (SSSR count). The van der Waals surface area contributed by atoms with E-state index >= 15 is 0 Å². The predicted molar refractivity (Wildman–Crippen MR) is 64.1 cm³/mol. The number of nitrogens with zero attached hydrogens (tertiary/aromatic N) is 1. The maximum Gasteiger partial charge on any atom is 0.267 e. The van der Waals surface area contributed by atoms with Gasteiger partial charge in [0.05, 0.1) is 4.88 Å². The fourth-order valence-corrected chi connectivity index (χ4v) is 2.57. The minimum absolute atomic E-state index is 0.143. The van der Waals surface area contributed by atoms with Gasteiger partial charge in [-0.3, -0.25) is 10.1 Å². The normalized spacial score (nSPS) is 10.3. The van der Waals surface area contributed by atoms with E-state index in [1.807, 2.05) is 18.4 Å². The number of aryl methyl sites for hydroxylation is 1. The molecule has 2 aromatic heterocycles. The Morgan fingerprint density at radius 1 is 1.60 bits per heavy atom. The van der Waals surface area contributed by atoms with Crippen LogP contribution in [0.15, 0.2) is 17.5 Å². The van der Waals surface area contributed by atoms with Crippen molar-refractivity contribution in [2.45, 2.75) is 6.92 Å². The van der Waals surface area contributed by atoms with Gasteiger partial charge in [0.25, 0.3) is 5.91 Å². The van der Waals surface area contributed by atoms with Gasteiger partial charge in [-0.15, -0.1) is 22.7 Å². The van der Waals surface area contributed by atoms with E-state index in [0.717, 1.165) is 4.88 Å². The highest BCUT2D eigenvalue weighted by molar-refractivity contribution is 7.16. The number of anilines is 1. The molecule has 0 saturated heterocycles. The molecule has 0 bridgehead atoms. The zero-order valence-corrected chi connectivity index (χ0v) is 10.2. The maximum absolute atomic E-state index is 11.6. The molecule has 1 N–H and O–H groups in total. The summed E-state index contributed by atoms with van der Waals surface area (Å²) >= 11 is 8.55. The van der Waals surface area contributed by atoms with E-state index in [1.54, 1.807) is 6.07 Å². The zero-order valence-electron chi connectivity index (χ0n) is 7.78. The Balaban J connectivity index is 2.13. The van der Waals surface area contributed by atoms with Crippen molar-refractivity contribution in [2.24, 2.45) is 0 Å². The van der Waals surface area contributed by atoms with Gasteiger partial charge in [0.1, 0.15) is 5.15 Å². The molecule has 0 aliphatic rings. The number of hydrogen-bond donors (Lipinski definition) is 1. The number of thiazole rings is 1. The first-order chi connectivity index (χ1) is 7.16. The summed E-state index contributed by atoms with van der Waals surface area (Å²) in [7, 11) is 0. The number of halogens is 1. The SMILES string of the molecule is Cc1sc(NC(=O)c2cccs2)nc1Cl. The summed E-state index contributed by atoms with van der Waals surface area (Å²) in [6.07, 6.45) is 0. The van der Waals surface area contributed by atoms with Gasteiger partial charge in [0.2, 0.25) is 0 Å². The van der Waals surface area contributed by atoms with E-state index in [9.17, 15) is 4.79 Å². The van der Waals surface area contributed by atoms with Crippen molar-refractivity contribution in [3.8, 4) is 0 Å². The second-order valence-electron chi connectivity index (χ2n) is 2.80. The summed E-state index contributed by atoms with van der Waals surface area (Å²) in [5.41, 5.74) is 0. The Hall–Kier alpha value is -0.910. The number of hydrogen-bond acceptors (Lipinski definition) is 4. The third-order valence-electron chi connectivity index (χ3n) is 1.71. The fourth-order valence-electron chi connectivity index (χ4n) is 0.998. The monoisotopic (exact) mass is 258 g/mol. The second kappa shape index (κ2) is 4.30. The molecule has 78 valence electrons. The minimum atomic E-state index is -0.143. The summed E-state index contributed by atoms with van der Waals surface area (Å²) in [5, 5.41) is 5.54. The molecule has 0 spiro atoms. The number of carbonyl (C=O) groups is 1. The van der Waals surface area contributed by atoms with E-state index in [1.165, 1.54) is 22.7 Å². The van der Waals surface area contributed by atoms with Crippen molar-refractivity contribution in [3.05, 3.63) is 32.4 Å². The van der Waals surface area contributed by atoms with E-state index in [0.29, 0.717) is 15.2 Å². The van der Waals surface area contributed by atoms with Gasteiger partial charge in [-0.25, -0.2) is 4.98 Å². The Labute approximate surface area is 99.7 Å². The molecule has 0 aliphatic heterocycles. The smallest absolute Gasteiger partial charge is 0.267 e. The van der Waals surface area contributed by atoms with Gasteiger partial charge in [-0.1, -0.05) is 17.7 Å². The summed E-state index contributed by atoms with van der Waals surface area (Å²) in [5.74, 6) is -0.143. The van der Waals surface area contributed by atoms with Crippen molar-refractivity contribution in [1.29, 1.82) is 0 Å². The zero-order chi connectivity index (χ0) is 10.8. The molecule has 0 radical (unpaired) electrons. The van der Waals surface area contributed by atoms with E-state index in [-0.39, 0.29) is 5.91 Å². The lowest BCUT2D eigenvalue weighted by atomic mass is 10.4. The van der Waals surface area contributed by atoms with Gasteiger partial charge in [0.15, 0.2) is 5.13 Å². The van der Waals surface area contributed by atoms with Crippen LogP contribution in [0.25, 0.3) is 0 Å². The summed E-state index contributed by atoms with van der Waals surface area (Å²) in [4.78, 5) is 17.2. The highest BCUT2D eigenvalue weighted by atomic mass is 35.5.